The van der Waals surface area contributed by atoms with Gasteiger partial charge in [-0.05, 0) is 36.5 Å². The van der Waals surface area contributed by atoms with Crippen LogP contribution in [0.5, 0.6) is 0 Å². The summed E-state index contributed by atoms with van der Waals surface area (Å²) < 4.78 is 0. The Balaban J connectivity index is 0.00000145. The standard InChI is InChI=1S/C21H26ClN3OS.C2H2/c1-3-24-21(26)19-11-18(19)15-6-4-14(5-7-15)10-17(12-23)27-20-9-8-16(22)13-25(20)2;1-2/h4-9,12-13,18-20H,3,10-11,23H2,1-2H3,(H,24,26);1-2H/b17-12+;. The molecule has 0 bridgehead atoms. The van der Waals surface area contributed by atoms with Gasteiger partial charge in [0, 0.05) is 43.2 Å². The van der Waals surface area contributed by atoms with E-state index >= 15 is 0 Å². The molecule has 2 aliphatic rings. The molecule has 1 aliphatic carbocycles. The number of likely N-dealkylation sites (N-methyl/N-ethyl adjacent to an activating group) is 1. The van der Waals surface area contributed by atoms with E-state index in [9.17, 15) is 4.79 Å². The van der Waals surface area contributed by atoms with Crippen molar-refractivity contribution in [3.8, 4) is 12.8 Å². The van der Waals surface area contributed by atoms with Crippen LogP contribution in [0.1, 0.15) is 30.4 Å². The molecule has 3 rings (SSSR count). The maximum Gasteiger partial charge on any atom is 0.223 e. The van der Waals surface area contributed by atoms with Crippen molar-refractivity contribution in [3.05, 3.63) is 69.9 Å². The highest BCUT2D eigenvalue weighted by molar-refractivity contribution is 8.03. The second kappa shape index (κ2) is 11.0. The van der Waals surface area contributed by atoms with Crippen molar-refractivity contribution in [2.24, 2.45) is 11.7 Å². The predicted octanol–water partition coefficient (Wildman–Crippen LogP) is 4.16. The third-order valence-electron chi connectivity index (χ3n) is 4.87. The molecule has 0 spiro atoms. The summed E-state index contributed by atoms with van der Waals surface area (Å²) in [6.45, 7) is 2.65. The summed E-state index contributed by atoms with van der Waals surface area (Å²) in [5.74, 6) is 0.677. The summed E-state index contributed by atoms with van der Waals surface area (Å²) in [5.41, 5.74) is 8.33. The largest absolute Gasteiger partial charge is 0.404 e. The first kappa shape index (κ1) is 23.0. The van der Waals surface area contributed by atoms with Crippen molar-refractivity contribution in [2.45, 2.75) is 31.1 Å². The Morgan fingerprint density at radius 3 is 2.66 bits per heavy atom. The highest BCUT2D eigenvalue weighted by Gasteiger charge is 2.43. The first-order valence-electron chi connectivity index (χ1n) is 9.56. The van der Waals surface area contributed by atoms with Gasteiger partial charge in [-0.25, -0.2) is 0 Å². The Kier molecular flexibility index (Phi) is 8.75. The van der Waals surface area contributed by atoms with Crippen molar-refractivity contribution in [3.63, 3.8) is 0 Å². The minimum absolute atomic E-state index is 0.138. The van der Waals surface area contributed by atoms with Gasteiger partial charge in [0.1, 0.15) is 0 Å². The van der Waals surface area contributed by atoms with Gasteiger partial charge < -0.3 is 16.0 Å². The number of amides is 1. The number of thioether (sulfide) groups is 1. The van der Waals surface area contributed by atoms with Gasteiger partial charge >= 0.3 is 0 Å². The van der Waals surface area contributed by atoms with Gasteiger partial charge in [0.05, 0.1) is 10.4 Å². The number of nitrogens with two attached hydrogens (primary N) is 1. The Morgan fingerprint density at radius 1 is 1.38 bits per heavy atom. The molecule has 1 heterocycles. The molecule has 0 radical (unpaired) electrons. The quantitative estimate of drug-likeness (QED) is 0.639. The molecule has 3 N–H and O–H groups in total. The van der Waals surface area contributed by atoms with Crippen LogP contribution in [0.4, 0.5) is 0 Å². The Hall–Kier alpha value is -2.29. The minimum Gasteiger partial charge on any atom is -0.404 e. The van der Waals surface area contributed by atoms with Gasteiger partial charge in [-0.1, -0.05) is 53.7 Å². The van der Waals surface area contributed by atoms with Crippen LogP contribution in [0.3, 0.4) is 0 Å². The SMILES string of the molecule is C#C.CCNC(=O)C1CC1c1ccc(C/C(=C\N)SC2C=CC(Cl)=CN2C)cc1. The number of carbonyl (C=O) groups is 1. The van der Waals surface area contributed by atoms with E-state index in [4.69, 9.17) is 17.3 Å². The summed E-state index contributed by atoms with van der Waals surface area (Å²) >= 11 is 7.75. The number of hydrogen-bond acceptors (Lipinski definition) is 4. The summed E-state index contributed by atoms with van der Waals surface area (Å²) in [6, 6.07) is 8.58. The molecule has 1 aromatic rings. The van der Waals surface area contributed by atoms with Crippen LogP contribution >= 0.6 is 23.4 Å². The van der Waals surface area contributed by atoms with E-state index < -0.39 is 0 Å². The molecule has 1 aromatic carbocycles. The van der Waals surface area contributed by atoms with Crippen molar-refractivity contribution < 1.29 is 4.79 Å². The van der Waals surface area contributed by atoms with Gasteiger partial charge in [0.2, 0.25) is 5.91 Å². The molecule has 154 valence electrons. The van der Waals surface area contributed by atoms with Crippen molar-refractivity contribution in [2.75, 3.05) is 13.6 Å². The van der Waals surface area contributed by atoms with Crippen LogP contribution in [-0.4, -0.2) is 29.8 Å². The molecule has 29 heavy (non-hydrogen) atoms. The number of benzene rings is 1. The van der Waals surface area contributed by atoms with Crippen LogP contribution in [-0.2, 0) is 11.2 Å². The lowest BCUT2D eigenvalue weighted by Crippen LogP contribution is -2.24. The monoisotopic (exact) mass is 429 g/mol. The zero-order valence-corrected chi connectivity index (χ0v) is 18.4. The maximum absolute atomic E-state index is 11.9. The fourth-order valence-corrected chi connectivity index (χ4v) is 4.53. The highest BCUT2D eigenvalue weighted by Crippen LogP contribution is 2.47. The lowest BCUT2D eigenvalue weighted by atomic mass is 10.0. The normalized spacial score (nSPS) is 22.9. The average Bonchev–Trinajstić information content (AvgIpc) is 3.52. The molecule has 6 heteroatoms. The second-order valence-electron chi connectivity index (χ2n) is 6.94. The van der Waals surface area contributed by atoms with Gasteiger partial charge in [0.15, 0.2) is 0 Å². The summed E-state index contributed by atoms with van der Waals surface area (Å²) in [6.07, 6.45) is 17.3. The second-order valence-corrected chi connectivity index (χ2v) is 8.62. The number of hydrogen-bond donors (Lipinski definition) is 2. The molecule has 4 nitrogen and oxygen atoms in total. The first-order chi connectivity index (χ1) is 14.0. The lowest BCUT2D eigenvalue weighted by Gasteiger charge is -2.27. The first-order valence-corrected chi connectivity index (χ1v) is 10.8. The van der Waals surface area contributed by atoms with Crippen LogP contribution in [0, 0.1) is 18.8 Å². The molecular weight excluding hydrogens is 402 g/mol. The Bertz CT molecular complexity index is 813. The number of terminal acetylenes is 1. The fourth-order valence-electron chi connectivity index (χ4n) is 3.28. The Labute approximate surface area is 183 Å². The summed E-state index contributed by atoms with van der Waals surface area (Å²) in [4.78, 5) is 15.1. The summed E-state index contributed by atoms with van der Waals surface area (Å²) in [5, 5.41) is 3.83. The number of rotatable bonds is 7. The number of halogens is 1. The number of nitrogens with zero attached hydrogens (tertiary/aromatic N) is 1. The minimum atomic E-state index is 0.138. The predicted molar refractivity (Wildman–Crippen MR) is 124 cm³/mol. The van der Waals surface area contributed by atoms with E-state index in [1.165, 1.54) is 11.1 Å². The number of carbonyl (C=O) groups excluding carboxylic acids is 1. The molecule has 1 saturated carbocycles. The van der Waals surface area contributed by atoms with Crippen molar-refractivity contribution >= 4 is 29.3 Å². The van der Waals surface area contributed by atoms with E-state index in [-0.39, 0.29) is 17.2 Å². The van der Waals surface area contributed by atoms with Crippen LogP contribution in [0.25, 0.3) is 0 Å². The van der Waals surface area contributed by atoms with E-state index in [1.54, 1.807) is 18.0 Å². The van der Waals surface area contributed by atoms with E-state index in [0.29, 0.717) is 12.5 Å². The zero-order valence-electron chi connectivity index (χ0n) is 16.8. The van der Waals surface area contributed by atoms with Gasteiger partial charge in [0.25, 0.3) is 0 Å². The van der Waals surface area contributed by atoms with Crippen LogP contribution in [0.2, 0.25) is 0 Å². The van der Waals surface area contributed by atoms with Gasteiger partial charge in [-0.2, -0.15) is 0 Å². The molecule has 1 fully saturated rings. The number of nitrogens with one attached hydrogen (secondary N) is 1. The highest BCUT2D eigenvalue weighted by atomic mass is 35.5. The maximum atomic E-state index is 11.9. The van der Waals surface area contributed by atoms with E-state index in [0.717, 1.165) is 22.8 Å². The average molecular weight is 430 g/mol. The van der Waals surface area contributed by atoms with Gasteiger partial charge in [-0.15, -0.1) is 12.8 Å². The summed E-state index contributed by atoms with van der Waals surface area (Å²) in [7, 11) is 2.01. The third kappa shape index (κ3) is 6.35. The molecule has 3 unspecified atom stereocenters. The van der Waals surface area contributed by atoms with E-state index in [2.05, 4.69) is 53.4 Å². The van der Waals surface area contributed by atoms with Crippen LogP contribution in [0.15, 0.2) is 58.8 Å². The molecule has 0 aromatic heterocycles. The van der Waals surface area contributed by atoms with Crippen molar-refractivity contribution in [1.29, 1.82) is 0 Å². The smallest absolute Gasteiger partial charge is 0.223 e. The molecule has 1 amide bonds. The zero-order chi connectivity index (χ0) is 21.4. The molecule has 1 aliphatic heterocycles. The lowest BCUT2D eigenvalue weighted by molar-refractivity contribution is -0.122. The van der Waals surface area contributed by atoms with E-state index in [1.807, 2.05) is 26.2 Å². The topological polar surface area (TPSA) is 58.4 Å². The van der Waals surface area contributed by atoms with Crippen molar-refractivity contribution in [1.82, 2.24) is 10.2 Å². The Morgan fingerprint density at radius 2 is 2.07 bits per heavy atom. The number of allylic oxidation sites excluding steroid dienone is 3. The molecular formula is C23H28ClN3OS. The van der Waals surface area contributed by atoms with Crippen LogP contribution < -0.4 is 11.1 Å². The fraction of sp³-hybridized carbons (Fsp3) is 0.348. The molecule has 0 saturated heterocycles. The molecule has 3 atom stereocenters. The van der Waals surface area contributed by atoms with Gasteiger partial charge in [-0.3, -0.25) is 4.79 Å². The third-order valence-corrected chi connectivity index (χ3v) is 6.41.